The van der Waals surface area contributed by atoms with Crippen LogP contribution in [-0.4, -0.2) is 45.6 Å². The van der Waals surface area contributed by atoms with Crippen LogP contribution in [0.5, 0.6) is 11.5 Å². The first-order valence-corrected chi connectivity index (χ1v) is 16.2. The summed E-state index contributed by atoms with van der Waals surface area (Å²) in [5.74, 6) is -21.8. The highest BCUT2D eigenvalue weighted by Gasteiger charge is 2.77. The summed E-state index contributed by atoms with van der Waals surface area (Å²) in [6, 6.07) is 10.6. The third-order valence-electron chi connectivity index (χ3n) is 10.4. The molecule has 6 atom stereocenters. The molecular formula is C35H25Cl2F5N2O6. The molecule has 4 amide bonds. The van der Waals surface area contributed by atoms with E-state index < -0.39 is 104 Å². The number of carbonyl (C=O) groups excluding carboxylic acids is 4. The lowest BCUT2D eigenvalue weighted by Gasteiger charge is -2.50. The Bertz CT molecular complexity index is 2050. The molecule has 1 N–H and O–H groups in total. The first kappa shape index (κ1) is 34.0. The highest BCUT2D eigenvalue weighted by atomic mass is 35.5. The van der Waals surface area contributed by atoms with E-state index in [-0.39, 0.29) is 28.2 Å². The van der Waals surface area contributed by atoms with Crippen molar-refractivity contribution in [3.8, 4) is 11.5 Å². The van der Waals surface area contributed by atoms with Crippen LogP contribution < -0.4 is 14.5 Å². The van der Waals surface area contributed by atoms with E-state index >= 15 is 8.78 Å². The van der Waals surface area contributed by atoms with Crippen molar-refractivity contribution in [2.24, 2.45) is 17.8 Å². The van der Waals surface area contributed by atoms with E-state index in [1.54, 1.807) is 30.3 Å². The number of ether oxygens (including phenoxy) is 1. The topological polar surface area (TPSA) is 104 Å². The maximum absolute atomic E-state index is 15.2. The van der Waals surface area contributed by atoms with E-state index in [1.165, 1.54) is 19.2 Å². The van der Waals surface area contributed by atoms with Gasteiger partial charge in [-0.1, -0.05) is 36.8 Å². The smallest absolute Gasteiger partial charge is 0.258 e. The van der Waals surface area contributed by atoms with Gasteiger partial charge < -0.3 is 9.84 Å². The number of carbonyl (C=O) groups is 4. The second-order valence-corrected chi connectivity index (χ2v) is 13.9. The molecule has 6 unspecified atom stereocenters. The summed E-state index contributed by atoms with van der Waals surface area (Å²) in [5.41, 5.74) is -0.311. The number of fused-ring (bicyclic) bond motifs is 4. The maximum atomic E-state index is 15.2. The number of rotatable bonds is 5. The lowest BCUT2D eigenvalue weighted by Crippen LogP contribution is -2.60. The highest BCUT2D eigenvalue weighted by Crippen LogP contribution is 2.66. The summed E-state index contributed by atoms with van der Waals surface area (Å²) in [7, 11) is 1.27. The first-order valence-electron chi connectivity index (χ1n) is 15.5. The molecule has 2 saturated heterocycles. The van der Waals surface area contributed by atoms with Gasteiger partial charge >= 0.3 is 0 Å². The lowest BCUT2D eigenvalue weighted by molar-refractivity contribution is -0.125. The molecule has 2 aliphatic heterocycles. The van der Waals surface area contributed by atoms with Crippen molar-refractivity contribution in [2.75, 3.05) is 16.9 Å². The normalized spacial score (nSPS) is 28.9. The highest BCUT2D eigenvalue weighted by molar-refractivity contribution is 6.58. The number of phenols is 1. The first-order chi connectivity index (χ1) is 23.6. The average molecular weight is 735 g/mol. The number of alkyl halides is 2. The number of halogens is 7. The maximum Gasteiger partial charge on any atom is 0.258 e. The summed E-state index contributed by atoms with van der Waals surface area (Å²) in [6.45, 7) is 1.94. The molecule has 1 saturated carbocycles. The molecule has 7 rings (SSSR count). The number of amides is 4. The summed E-state index contributed by atoms with van der Waals surface area (Å²) in [4.78, 5) is 52.0. The van der Waals surface area contributed by atoms with Crippen molar-refractivity contribution in [3.05, 3.63) is 94.3 Å². The van der Waals surface area contributed by atoms with Crippen LogP contribution >= 0.6 is 23.2 Å². The molecule has 3 aromatic rings. The summed E-state index contributed by atoms with van der Waals surface area (Å²) >= 11 is 14.2. The van der Waals surface area contributed by atoms with Gasteiger partial charge in [0.15, 0.2) is 44.5 Å². The second-order valence-electron chi connectivity index (χ2n) is 12.7. The monoisotopic (exact) mass is 734 g/mol. The average Bonchev–Trinajstić information content (AvgIpc) is 3.44. The number of hydrogen-bond acceptors (Lipinski definition) is 6. The zero-order valence-electron chi connectivity index (χ0n) is 26.1. The molecule has 2 heterocycles. The van der Waals surface area contributed by atoms with E-state index in [9.17, 15) is 37.5 Å². The molecule has 0 aromatic heterocycles. The van der Waals surface area contributed by atoms with E-state index in [4.69, 9.17) is 27.9 Å². The van der Waals surface area contributed by atoms with Crippen molar-refractivity contribution in [1.82, 2.24) is 0 Å². The van der Waals surface area contributed by atoms with Gasteiger partial charge in [0.05, 0.1) is 24.6 Å². The van der Waals surface area contributed by atoms with Crippen molar-refractivity contribution in [2.45, 2.75) is 41.9 Å². The largest absolute Gasteiger partial charge is 0.504 e. The third-order valence-corrected chi connectivity index (χ3v) is 11.8. The van der Waals surface area contributed by atoms with Crippen LogP contribution in [-0.2, 0) is 25.6 Å². The molecule has 260 valence electrons. The Morgan fingerprint density at radius 1 is 0.840 bits per heavy atom. The zero-order chi connectivity index (χ0) is 36.2. The SMILES string of the molecule is CCc1ccc(N2C(=O)C3CC=C4C(CC5(Cl)C(=O)N(c6c(F)c(F)c(F)c(F)c6F)C(=O)C5(Cl)C4c4ccc(OC)c(O)c4)C3C2=O)cc1. The molecule has 3 fully saturated rings. The second kappa shape index (κ2) is 11.5. The number of anilines is 2. The van der Waals surface area contributed by atoms with Crippen molar-refractivity contribution < 1.29 is 51.0 Å². The molecule has 3 aromatic carbocycles. The van der Waals surface area contributed by atoms with Crippen LogP contribution in [0.3, 0.4) is 0 Å². The number of allylic oxidation sites excluding steroid dienone is 2. The number of methoxy groups -OCH3 is 1. The molecule has 15 heteroatoms. The predicted octanol–water partition coefficient (Wildman–Crippen LogP) is 6.43. The van der Waals surface area contributed by atoms with Crippen molar-refractivity contribution >= 4 is 58.2 Å². The Balaban J connectivity index is 1.42. The molecule has 50 heavy (non-hydrogen) atoms. The van der Waals surface area contributed by atoms with Crippen LogP contribution in [0.15, 0.2) is 54.1 Å². The van der Waals surface area contributed by atoms with Gasteiger partial charge in [0, 0.05) is 5.92 Å². The Morgan fingerprint density at radius 2 is 1.46 bits per heavy atom. The van der Waals surface area contributed by atoms with Crippen LogP contribution in [0, 0.1) is 46.8 Å². The Hall–Kier alpha value is -4.49. The Morgan fingerprint density at radius 3 is 2.04 bits per heavy atom. The third kappa shape index (κ3) is 4.28. The fraction of sp³-hybridized carbons (Fsp3) is 0.314. The molecule has 8 nitrogen and oxygen atoms in total. The standard InChI is InChI=1S/C35H25Cl2F5N2O6/c1-3-14-4-7-16(8-5-14)43-30(46)18-10-9-17-19(22(18)31(43)47)13-34(36)32(48)44(29-27(41)25(39)24(38)26(40)28(29)42)33(49)35(34,37)23(17)15-6-11-21(50-2)20(45)12-15/h4-9,11-12,18-19,22-23,45H,3,10,13H2,1-2H3. The van der Waals surface area contributed by atoms with Crippen LogP contribution in [0.2, 0.25) is 0 Å². The van der Waals surface area contributed by atoms with Gasteiger partial charge in [0.25, 0.3) is 11.8 Å². The minimum atomic E-state index is -2.70. The molecule has 2 aliphatic carbocycles. The van der Waals surface area contributed by atoms with Crippen molar-refractivity contribution in [3.63, 3.8) is 0 Å². The molecule has 4 aliphatic rings. The van der Waals surface area contributed by atoms with E-state index in [0.29, 0.717) is 12.1 Å². The van der Waals surface area contributed by atoms with Gasteiger partial charge in [0.2, 0.25) is 17.6 Å². The van der Waals surface area contributed by atoms with Gasteiger partial charge in [-0.15, -0.1) is 23.2 Å². The van der Waals surface area contributed by atoms with E-state index in [1.807, 2.05) is 6.92 Å². The fourth-order valence-electron chi connectivity index (χ4n) is 7.96. The fourth-order valence-corrected chi connectivity index (χ4v) is 8.90. The molecular weight excluding hydrogens is 710 g/mol. The summed E-state index contributed by atoms with van der Waals surface area (Å²) in [6.07, 6.45) is 1.63. The number of hydrogen-bond donors (Lipinski definition) is 1. The van der Waals surface area contributed by atoms with Gasteiger partial charge in [-0.25, -0.2) is 26.9 Å². The lowest BCUT2D eigenvalue weighted by atomic mass is 9.56. The molecule has 0 bridgehead atoms. The molecule has 0 radical (unpaired) electrons. The Labute approximate surface area is 291 Å². The van der Waals surface area contributed by atoms with Crippen molar-refractivity contribution in [1.29, 1.82) is 0 Å². The number of nitrogens with zero attached hydrogens (tertiary/aromatic N) is 2. The van der Waals surface area contributed by atoms with Gasteiger partial charge in [-0.2, -0.15) is 0 Å². The number of aromatic hydroxyl groups is 1. The number of imide groups is 2. The van der Waals surface area contributed by atoms with Gasteiger partial charge in [0.1, 0.15) is 5.69 Å². The number of phenolic OH excluding ortho intramolecular Hbond substituents is 1. The predicted molar refractivity (Wildman–Crippen MR) is 169 cm³/mol. The summed E-state index contributed by atoms with van der Waals surface area (Å²) in [5, 5.41) is 10.7. The van der Waals surface area contributed by atoms with Crippen LogP contribution in [0.25, 0.3) is 0 Å². The van der Waals surface area contributed by atoms with Crippen LogP contribution in [0.1, 0.15) is 36.8 Å². The minimum absolute atomic E-state index is 0.00212. The van der Waals surface area contributed by atoms with E-state index in [0.717, 1.165) is 16.5 Å². The zero-order valence-corrected chi connectivity index (χ0v) is 27.6. The van der Waals surface area contributed by atoms with Crippen LogP contribution in [0.4, 0.5) is 33.3 Å². The molecule has 0 spiro atoms. The van der Waals surface area contributed by atoms with Gasteiger partial charge in [-0.3, -0.25) is 24.1 Å². The minimum Gasteiger partial charge on any atom is -0.504 e. The van der Waals surface area contributed by atoms with E-state index in [2.05, 4.69) is 0 Å². The Kier molecular flexibility index (Phi) is 7.83. The number of benzene rings is 3. The number of aryl methyl sites for hydroxylation is 1. The quantitative estimate of drug-likeness (QED) is 0.0810. The van der Waals surface area contributed by atoms with Gasteiger partial charge in [-0.05, 0) is 60.6 Å². The summed E-state index contributed by atoms with van der Waals surface area (Å²) < 4.78 is 78.4.